The van der Waals surface area contributed by atoms with Crippen LogP contribution in [0.5, 0.6) is 0 Å². The van der Waals surface area contributed by atoms with Crippen LogP contribution >= 0.6 is 0 Å². The molecule has 2 aromatic carbocycles. The third-order valence-corrected chi connectivity index (χ3v) is 3.27. The van der Waals surface area contributed by atoms with Crippen molar-refractivity contribution in [3.63, 3.8) is 0 Å². The molecule has 3 nitrogen and oxygen atoms in total. The van der Waals surface area contributed by atoms with E-state index in [0.29, 0.717) is 12.1 Å². The molecule has 3 aromatic rings. The molecule has 100 valence electrons. The third-order valence-electron chi connectivity index (χ3n) is 3.27. The van der Waals surface area contributed by atoms with Crippen molar-refractivity contribution in [2.75, 3.05) is 0 Å². The highest BCUT2D eigenvalue weighted by Gasteiger charge is 2.08. The Morgan fingerprint density at radius 3 is 2.75 bits per heavy atom. The smallest absolute Gasteiger partial charge is 0.335 e. The van der Waals surface area contributed by atoms with Gasteiger partial charge in [-0.2, -0.15) is 0 Å². The monoisotopic (exact) mass is 269 g/mol. The predicted octanol–water partition coefficient (Wildman–Crippen LogP) is 3.53. The topological polar surface area (TPSA) is 42.2 Å². The molecule has 0 atom stereocenters. The van der Waals surface area contributed by atoms with Gasteiger partial charge in [-0.15, -0.1) is 0 Å². The minimum Gasteiger partial charge on any atom is -0.478 e. The van der Waals surface area contributed by atoms with Crippen LogP contribution in [0.3, 0.4) is 0 Å². The summed E-state index contributed by atoms with van der Waals surface area (Å²) in [6.45, 7) is 0.436. The van der Waals surface area contributed by atoms with Gasteiger partial charge in [0.1, 0.15) is 5.82 Å². The molecule has 0 aliphatic carbocycles. The van der Waals surface area contributed by atoms with E-state index in [1.165, 1.54) is 6.07 Å². The molecule has 4 heteroatoms. The fourth-order valence-corrected chi connectivity index (χ4v) is 2.35. The average molecular weight is 269 g/mol. The van der Waals surface area contributed by atoms with Crippen molar-refractivity contribution < 1.29 is 14.3 Å². The molecule has 1 heterocycles. The van der Waals surface area contributed by atoms with Crippen LogP contribution in [0, 0.1) is 5.82 Å². The summed E-state index contributed by atoms with van der Waals surface area (Å²) in [5, 5.41) is 9.82. The van der Waals surface area contributed by atoms with E-state index in [-0.39, 0.29) is 11.4 Å². The van der Waals surface area contributed by atoms with Crippen molar-refractivity contribution in [2.45, 2.75) is 6.54 Å². The predicted molar refractivity (Wildman–Crippen MR) is 74.4 cm³/mol. The number of aromatic carboxylic acids is 1. The molecule has 0 saturated heterocycles. The van der Waals surface area contributed by atoms with E-state index >= 15 is 0 Å². The molecule has 20 heavy (non-hydrogen) atoms. The van der Waals surface area contributed by atoms with Gasteiger partial charge < -0.3 is 9.67 Å². The quantitative estimate of drug-likeness (QED) is 0.790. The van der Waals surface area contributed by atoms with E-state index in [1.54, 1.807) is 35.0 Å². The largest absolute Gasteiger partial charge is 0.478 e. The van der Waals surface area contributed by atoms with Crippen molar-refractivity contribution in [3.8, 4) is 0 Å². The van der Waals surface area contributed by atoms with Gasteiger partial charge in [0.05, 0.1) is 11.1 Å². The molecule has 0 fully saturated rings. The number of carboxylic acids is 1. The summed E-state index contributed by atoms with van der Waals surface area (Å²) in [5.41, 5.74) is 1.60. The lowest BCUT2D eigenvalue weighted by molar-refractivity contribution is 0.0696. The lowest BCUT2D eigenvalue weighted by atomic mass is 10.1. The zero-order chi connectivity index (χ0) is 14.1. The molecule has 0 unspecified atom stereocenters. The second kappa shape index (κ2) is 4.81. The number of hydrogen-bond donors (Lipinski definition) is 1. The Balaban J connectivity index is 2.01. The number of aromatic nitrogens is 1. The molecule has 0 amide bonds. The van der Waals surface area contributed by atoms with E-state index in [0.717, 1.165) is 10.9 Å². The summed E-state index contributed by atoms with van der Waals surface area (Å²) in [6.07, 6.45) is 1.81. The van der Waals surface area contributed by atoms with E-state index in [2.05, 4.69) is 0 Å². The molecule has 1 N–H and O–H groups in total. The Kier molecular flexibility index (Phi) is 2.99. The zero-order valence-electron chi connectivity index (χ0n) is 10.6. The molecule has 0 bridgehead atoms. The van der Waals surface area contributed by atoms with Gasteiger partial charge in [-0.05, 0) is 29.8 Å². The van der Waals surface area contributed by atoms with Crippen molar-refractivity contribution in [2.24, 2.45) is 0 Å². The lowest BCUT2D eigenvalue weighted by Gasteiger charge is -2.07. The first kappa shape index (κ1) is 12.4. The zero-order valence-corrected chi connectivity index (χ0v) is 10.6. The van der Waals surface area contributed by atoms with Crippen molar-refractivity contribution in [1.29, 1.82) is 0 Å². The Hall–Kier alpha value is -2.62. The molecule has 1 aromatic heterocycles. The van der Waals surface area contributed by atoms with Crippen LogP contribution in [0.2, 0.25) is 0 Å². The SMILES string of the molecule is O=C(O)c1cccc(Cn2ccc3cccc(F)c32)c1. The molecule has 0 radical (unpaired) electrons. The minimum atomic E-state index is -0.963. The first-order chi connectivity index (χ1) is 9.65. The van der Waals surface area contributed by atoms with Gasteiger partial charge in [0.2, 0.25) is 0 Å². The van der Waals surface area contributed by atoms with E-state index in [1.807, 2.05) is 18.2 Å². The van der Waals surface area contributed by atoms with Gasteiger partial charge in [-0.1, -0.05) is 24.3 Å². The summed E-state index contributed by atoms with van der Waals surface area (Å²) in [5.74, 6) is -1.24. The molecular weight excluding hydrogens is 257 g/mol. The van der Waals surface area contributed by atoms with Gasteiger partial charge in [-0.3, -0.25) is 0 Å². The van der Waals surface area contributed by atoms with Gasteiger partial charge in [0.25, 0.3) is 0 Å². The van der Waals surface area contributed by atoms with Crippen molar-refractivity contribution >= 4 is 16.9 Å². The number of fused-ring (bicyclic) bond motifs is 1. The van der Waals surface area contributed by atoms with Crippen LogP contribution in [-0.4, -0.2) is 15.6 Å². The molecule has 0 aliphatic rings. The summed E-state index contributed by atoms with van der Waals surface area (Å²) >= 11 is 0. The molecular formula is C16H12FNO2. The molecule has 0 spiro atoms. The fourth-order valence-electron chi connectivity index (χ4n) is 2.35. The van der Waals surface area contributed by atoms with Gasteiger partial charge in [-0.25, -0.2) is 9.18 Å². The molecule has 0 saturated carbocycles. The Bertz CT molecular complexity index is 792. The lowest BCUT2D eigenvalue weighted by Crippen LogP contribution is -2.02. The summed E-state index contributed by atoms with van der Waals surface area (Å²) in [6, 6.07) is 13.5. The number of hydrogen-bond acceptors (Lipinski definition) is 1. The highest BCUT2D eigenvalue weighted by molar-refractivity contribution is 5.87. The molecule has 3 rings (SSSR count). The first-order valence-corrected chi connectivity index (χ1v) is 6.21. The maximum atomic E-state index is 13.9. The van der Waals surface area contributed by atoms with Gasteiger partial charge >= 0.3 is 5.97 Å². The van der Waals surface area contributed by atoms with Crippen LogP contribution in [-0.2, 0) is 6.54 Å². The highest BCUT2D eigenvalue weighted by atomic mass is 19.1. The summed E-state index contributed by atoms with van der Waals surface area (Å²) in [4.78, 5) is 11.0. The Labute approximate surface area is 114 Å². The van der Waals surface area contributed by atoms with Gasteiger partial charge in [0, 0.05) is 18.1 Å². The van der Waals surface area contributed by atoms with Gasteiger partial charge in [0.15, 0.2) is 0 Å². The second-order valence-corrected chi connectivity index (χ2v) is 4.63. The number of nitrogens with zero attached hydrogens (tertiary/aromatic N) is 1. The fraction of sp³-hybridized carbons (Fsp3) is 0.0625. The highest BCUT2D eigenvalue weighted by Crippen LogP contribution is 2.20. The third kappa shape index (κ3) is 2.16. The summed E-state index contributed by atoms with van der Waals surface area (Å²) < 4.78 is 15.7. The maximum absolute atomic E-state index is 13.9. The van der Waals surface area contributed by atoms with Crippen LogP contribution < -0.4 is 0 Å². The normalized spacial score (nSPS) is 10.8. The summed E-state index contributed by atoms with van der Waals surface area (Å²) in [7, 11) is 0. The average Bonchev–Trinajstić information content (AvgIpc) is 2.84. The number of carbonyl (C=O) groups is 1. The Morgan fingerprint density at radius 2 is 1.95 bits per heavy atom. The number of para-hydroxylation sites is 1. The second-order valence-electron chi connectivity index (χ2n) is 4.63. The maximum Gasteiger partial charge on any atom is 0.335 e. The van der Waals surface area contributed by atoms with E-state index < -0.39 is 5.97 Å². The first-order valence-electron chi connectivity index (χ1n) is 6.21. The van der Waals surface area contributed by atoms with Crippen LogP contribution in [0.25, 0.3) is 10.9 Å². The number of rotatable bonds is 3. The van der Waals surface area contributed by atoms with Crippen LogP contribution in [0.4, 0.5) is 4.39 Å². The standard InChI is InChI=1S/C16H12FNO2/c17-14-6-2-4-12-7-8-18(15(12)14)10-11-3-1-5-13(9-11)16(19)20/h1-9H,10H2,(H,19,20). The number of halogens is 1. The van der Waals surface area contributed by atoms with Crippen LogP contribution in [0.1, 0.15) is 15.9 Å². The van der Waals surface area contributed by atoms with Crippen LogP contribution in [0.15, 0.2) is 54.7 Å². The van der Waals surface area contributed by atoms with Crippen molar-refractivity contribution in [3.05, 3.63) is 71.7 Å². The number of benzene rings is 2. The molecule has 0 aliphatic heterocycles. The minimum absolute atomic E-state index is 0.236. The van der Waals surface area contributed by atoms with E-state index in [4.69, 9.17) is 5.11 Å². The number of carboxylic acid groups (broad SMARTS) is 1. The van der Waals surface area contributed by atoms with E-state index in [9.17, 15) is 9.18 Å². The van der Waals surface area contributed by atoms with Crippen molar-refractivity contribution in [1.82, 2.24) is 4.57 Å². The Morgan fingerprint density at radius 1 is 1.15 bits per heavy atom.